The number of aromatic nitrogens is 1. The smallest absolute Gasteiger partial charge is 0.261 e. The topological polar surface area (TPSA) is 77.9 Å². The van der Waals surface area contributed by atoms with Gasteiger partial charge in [0.05, 0.1) is 0 Å². The van der Waals surface area contributed by atoms with E-state index in [-0.39, 0.29) is 12.2 Å². The SMILES string of the molecule is N#C/C(=C/c1ccccc1OCc1ccccc1Cl)C(=O)NCCc1c[nH]c2ccccc12. The van der Waals surface area contributed by atoms with Crippen molar-refractivity contribution in [1.29, 1.82) is 5.26 Å². The number of benzene rings is 3. The lowest BCUT2D eigenvalue weighted by molar-refractivity contribution is -0.117. The number of rotatable bonds is 8. The fourth-order valence-electron chi connectivity index (χ4n) is 3.55. The zero-order valence-corrected chi connectivity index (χ0v) is 18.6. The van der Waals surface area contributed by atoms with Crippen molar-refractivity contribution in [2.45, 2.75) is 13.0 Å². The summed E-state index contributed by atoms with van der Waals surface area (Å²) >= 11 is 6.21. The van der Waals surface area contributed by atoms with Crippen LogP contribution in [0.1, 0.15) is 16.7 Å². The molecule has 4 aromatic rings. The number of carbonyl (C=O) groups is 1. The lowest BCUT2D eigenvalue weighted by Gasteiger charge is -2.11. The summed E-state index contributed by atoms with van der Waals surface area (Å²) < 4.78 is 5.93. The number of carbonyl (C=O) groups excluding carboxylic acids is 1. The minimum absolute atomic E-state index is 0.0164. The van der Waals surface area contributed by atoms with Gasteiger partial charge >= 0.3 is 0 Å². The van der Waals surface area contributed by atoms with Crippen LogP contribution in [0.3, 0.4) is 0 Å². The molecule has 2 N–H and O–H groups in total. The van der Waals surface area contributed by atoms with Gasteiger partial charge in [-0.2, -0.15) is 5.26 Å². The first kappa shape index (κ1) is 22.2. The highest BCUT2D eigenvalue weighted by molar-refractivity contribution is 6.31. The summed E-state index contributed by atoms with van der Waals surface area (Å²) in [5.74, 6) is 0.148. The standard InChI is InChI=1S/C27H22ClN3O2/c28-24-10-4-1-8-21(24)18-33-26-12-6-2-7-19(26)15-22(16-29)27(32)30-14-13-20-17-31-25-11-5-3-9-23(20)25/h1-12,15,17,31H,13-14,18H2,(H,30,32)/b22-15-. The normalized spacial score (nSPS) is 11.2. The third-order valence-corrected chi connectivity index (χ3v) is 5.65. The maximum atomic E-state index is 12.6. The van der Waals surface area contributed by atoms with Gasteiger partial charge in [0.15, 0.2) is 0 Å². The monoisotopic (exact) mass is 455 g/mol. The molecule has 0 fully saturated rings. The lowest BCUT2D eigenvalue weighted by Crippen LogP contribution is -2.26. The largest absolute Gasteiger partial charge is 0.488 e. The van der Waals surface area contributed by atoms with Crippen molar-refractivity contribution >= 4 is 34.5 Å². The fraction of sp³-hybridized carbons (Fsp3) is 0.111. The van der Waals surface area contributed by atoms with Gasteiger partial charge in [-0.1, -0.05) is 66.2 Å². The zero-order chi connectivity index (χ0) is 23.0. The highest BCUT2D eigenvalue weighted by Gasteiger charge is 2.12. The Balaban J connectivity index is 1.42. The van der Waals surface area contributed by atoms with Crippen LogP contribution in [-0.4, -0.2) is 17.4 Å². The Morgan fingerprint density at radius 3 is 2.64 bits per heavy atom. The molecular weight excluding hydrogens is 434 g/mol. The van der Waals surface area contributed by atoms with Gasteiger partial charge in [0, 0.05) is 39.8 Å². The van der Waals surface area contributed by atoms with Gasteiger partial charge in [-0.05, 0) is 36.3 Å². The molecule has 0 aliphatic rings. The second kappa shape index (κ2) is 10.5. The highest BCUT2D eigenvalue weighted by Crippen LogP contribution is 2.24. The van der Waals surface area contributed by atoms with E-state index in [0.29, 0.717) is 29.3 Å². The third-order valence-electron chi connectivity index (χ3n) is 5.28. The van der Waals surface area contributed by atoms with Crippen molar-refractivity contribution in [2.75, 3.05) is 6.54 Å². The number of nitriles is 1. The van der Waals surface area contributed by atoms with E-state index in [1.807, 2.05) is 66.9 Å². The number of fused-ring (bicyclic) bond motifs is 1. The Hall–Kier alpha value is -4.01. The van der Waals surface area contributed by atoms with Crippen LogP contribution in [0.15, 0.2) is 84.6 Å². The van der Waals surface area contributed by atoms with E-state index in [9.17, 15) is 10.1 Å². The molecule has 0 spiro atoms. The molecule has 3 aromatic carbocycles. The second-order valence-electron chi connectivity index (χ2n) is 7.45. The number of para-hydroxylation sites is 2. The van der Waals surface area contributed by atoms with Crippen molar-refractivity contribution in [1.82, 2.24) is 10.3 Å². The molecule has 0 saturated heterocycles. The zero-order valence-electron chi connectivity index (χ0n) is 17.8. The number of nitrogens with zero attached hydrogens (tertiary/aromatic N) is 1. The Morgan fingerprint density at radius 2 is 1.79 bits per heavy atom. The van der Waals surface area contributed by atoms with Crippen molar-refractivity contribution in [3.8, 4) is 11.8 Å². The maximum Gasteiger partial charge on any atom is 0.261 e. The average Bonchev–Trinajstić information content (AvgIpc) is 3.25. The molecule has 33 heavy (non-hydrogen) atoms. The van der Waals surface area contributed by atoms with Crippen molar-refractivity contribution in [3.63, 3.8) is 0 Å². The van der Waals surface area contributed by atoms with Crippen molar-refractivity contribution < 1.29 is 9.53 Å². The molecule has 0 aliphatic heterocycles. The molecule has 0 atom stereocenters. The third kappa shape index (κ3) is 5.43. The number of aromatic amines is 1. The van der Waals surface area contributed by atoms with Crippen molar-refractivity contribution in [3.05, 3.63) is 106 Å². The van der Waals surface area contributed by atoms with E-state index in [2.05, 4.69) is 10.3 Å². The van der Waals surface area contributed by atoms with E-state index in [0.717, 1.165) is 22.0 Å². The second-order valence-corrected chi connectivity index (χ2v) is 7.86. The number of ether oxygens (including phenoxy) is 1. The molecule has 0 aliphatic carbocycles. The van der Waals surface area contributed by atoms with E-state index >= 15 is 0 Å². The Bertz CT molecular complexity index is 1350. The van der Waals surface area contributed by atoms with Gasteiger partial charge in [-0.25, -0.2) is 0 Å². The minimum Gasteiger partial charge on any atom is -0.488 e. The van der Waals surface area contributed by atoms with Crippen LogP contribution in [0, 0.1) is 11.3 Å². The number of halogens is 1. The van der Waals surface area contributed by atoms with Crippen LogP contribution in [-0.2, 0) is 17.8 Å². The first-order valence-corrected chi connectivity index (χ1v) is 10.9. The molecule has 0 bridgehead atoms. The maximum absolute atomic E-state index is 12.6. The van der Waals surface area contributed by atoms with Crippen LogP contribution < -0.4 is 10.1 Å². The van der Waals surface area contributed by atoms with Gasteiger partial charge in [-0.3, -0.25) is 4.79 Å². The van der Waals surface area contributed by atoms with Gasteiger partial charge < -0.3 is 15.0 Å². The number of amides is 1. The van der Waals surface area contributed by atoms with Gasteiger partial charge in [0.25, 0.3) is 5.91 Å². The summed E-state index contributed by atoms with van der Waals surface area (Å²) in [7, 11) is 0. The summed E-state index contributed by atoms with van der Waals surface area (Å²) in [6.45, 7) is 0.702. The Labute approximate surface area is 197 Å². The molecule has 0 saturated carbocycles. The highest BCUT2D eigenvalue weighted by atomic mass is 35.5. The first-order chi connectivity index (χ1) is 16.2. The van der Waals surface area contributed by atoms with Crippen LogP contribution in [0.25, 0.3) is 17.0 Å². The fourth-order valence-corrected chi connectivity index (χ4v) is 3.74. The minimum atomic E-state index is -0.418. The molecule has 5 nitrogen and oxygen atoms in total. The Kier molecular flexibility index (Phi) is 7.09. The molecule has 1 aromatic heterocycles. The predicted octanol–water partition coefficient (Wildman–Crippen LogP) is 5.67. The predicted molar refractivity (Wildman–Crippen MR) is 131 cm³/mol. The van der Waals surface area contributed by atoms with Crippen LogP contribution in [0.2, 0.25) is 5.02 Å². The summed E-state index contributed by atoms with van der Waals surface area (Å²) in [4.78, 5) is 15.9. The lowest BCUT2D eigenvalue weighted by atomic mass is 10.1. The van der Waals surface area contributed by atoms with Gasteiger partial charge in [0.2, 0.25) is 0 Å². The molecular formula is C27H22ClN3O2. The average molecular weight is 456 g/mol. The number of H-pyrrole nitrogens is 1. The molecule has 164 valence electrons. The van der Waals surface area contributed by atoms with Crippen LogP contribution in [0.5, 0.6) is 5.75 Å². The molecule has 1 heterocycles. The number of hydrogen-bond acceptors (Lipinski definition) is 3. The molecule has 0 radical (unpaired) electrons. The van der Waals surface area contributed by atoms with Gasteiger partial charge in [0.1, 0.15) is 24.0 Å². The van der Waals surface area contributed by atoms with Crippen molar-refractivity contribution in [2.24, 2.45) is 0 Å². The summed E-state index contributed by atoms with van der Waals surface area (Å²) in [6.07, 6.45) is 4.15. The summed E-state index contributed by atoms with van der Waals surface area (Å²) in [5, 5.41) is 14.2. The van der Waals surface area contributed by atoms with Crippen LogP contribution in [0.4, 0.5) is 0 Å². The summed E-state index contributed by atoms with van der Waals surface area (Å²) in [5.41, 5.74) is 3.70. The number of hydrogen-bond donors (Lipinski definition) is 2. The molecule has 6 heteroatoms. The molecule has 0 unspecified atom stereocenters. The van der Waals surface area contributed by atoms with Crippen LogP contribution >= 0.6 is 11.6 Å². The first-order valence-electron chi connectivity index (χ1n) is 10.6. The quantitative estimate of drug-likeness (QED) is 0.265. The van der Waals surface area contributed by atoms with E-state index in [4.69, 9.17) is 16.3 Å². The van der Waals surface area contributed by atoms with Gasteiger partial charge in [-0.15, -0.1) is 0 Å². The van der Waals surface area contributed by atoms with E-state index in [1.54, 1.807) is 24.3 Å². The number of nitrogens with one attached hydrogen (secondary N) is 2. The van der Waals surface area contributed by atoms with E-state index < -0.39 is 5.91 Å². The molecule has 4 rings (SSSR count). The summed E-state index contributed by atoms with van der Waals surface area (Å²) in [6, 6.07) is 24.7. The Morgan fingerprint density at radius 1 is 1.03 bits per heavy atom. The molecule has 1 amide bonds. The van der Waals surface area contributed by atoms with E-state index in [1.165, 1.54) is 0 Å².